The summed E-state index contributed by atoms with van der Waals surface area (Å²) < 4.78 is 37.0. The van der Waals surface area contributed by atoms with Crippen molar-refractivity contribution >= 4 is 12.1 Å². The van der Waals surface area contributed by atoms with Gasteiger partial charge in [-0.1, -0.05) is 0 Å². The molecule has 0 N–H and O–H groups in total. The summed E-state index contributed by atoms with van der Waals surface area (Å²) in [5.74, 6) is 0.260. The number of aryl methyl sites for hydroxylation is 1. The monoisotopic (exact) mass is 246 g/mol. The fourth-order valence-corrected chi connectivity index (χ4v) is 1.54. The quantitative estimate of drug-likeness (QED) is 0.765. The molecule has 0 saturated heterocycles. The van der Waals surface area contributed by atoms with Gasteiger partial charge in [0.15, 0.2) is 6.29 Å². The highest BCUT2D eigenvalue weighted by atomic mass is 19.4. The summed E-state index contributed by atoms with van der Waals surface area (Å²) in [6, 6.07) is 1.52. The third-order valence-electron chi connectivity index (χ3n) is 2.26. The molecule has 1 aromatic rings. The van der Waals surface area contributed by atoms with Crippen LogP contribution in [0.2, 0.25) is 0 Å². The van der Waals surface area contributed by atoms with E-state index in [0.717, 1.165) is 4.90 Å². The van der Waals surface area contributed by atoms with Crippen molar-refractivity contribution in [2.75, 3.05) is 18.0 Å². The van der Waals surface area contributed by atoms with Gasteiger partial charge in [0.05, 0.1) is 0 Å². The van der Waals surface area contributed by atoms with E-state index in [9.17, 15) is 18.0 Å². The van der Waals surface area contributed by atoms with E-state index in [1.165, 1.54) is 12.3 Å². The van der Waals surface area contributed by atoms with E-state index >= 15 is 0 Å². The largest absolute Gasteiger partial charge is 0.405 e. The maximum absolute atomic E-state index is 12.3. The number of alkyl halides is 3. The number of anilines is 1. The topological polar surface area (TPSA) is 33.2 Å². The smallest absolute Gasteiger partial charge is 0.348 e. The Labute approximate surface area is 97.3 Å². The number of rotatable bonds is 4. The molecule has 0 radical (unpaired) electrons. The number of hydrogen-bond acceptors (Lipinski definition) is 3. The van der Waals surface area contributed by atoms with Gasteiger partial charge in [-0.25, -0.2) is 4.98 Å². The SMILES string of the molecule is CCN(CC(F)(F)F)c1ncc(C=O)cc1C. The first-order valence-corrected chi connectivity index (χ1v) is 5.11. The summed E-state index contributed by atoms with van der Waals surface area (Å²) in [4.78, 5) is 15.5. The molecule has 0 aromatic carbocycles. The van der Waals surface area contributed by atoms with E-state index in [2.05, 4.69) is 4.98 Å². The van der Waals surface area contributed by atoms with E-state index in [0.29, 0.717) is 17.4 Å². The summed E-state index contributed by atoms with van der Waals surface area (Å²) in [5, 5.41) is 0. The maximum Gasteiger partial charge on any atom is 0.405 e. The van der Waals surface area contributed by atoms with Gasteiger partial charge < -0.3 is 4.90 Å². The Hall–Kier alpha value is -1.59. The number of aldehydes is 1. The lowest BCUT2D eigenvalue weighted by Gasteiger charge is -2.24. The molecule has 0 saturated carbocycles. The zero-order valence-corrected chi connectivity index (χ0v) is 9.58. The molecular weight excluding hydrogens is 233 g/mol. The molecule has 0 amide bonds. The van der Waals surface area contributed by atoms with Crippen LogP contribution in [-0.4, -0.2) is 30.5 Å². The highest BCUT2D eigenvalue weighted by Gasteiger charge is 2.31. The van der Waals surface area contributed by atoms with Crippen molar-refractivity contribution in [1.29, 1.82) is 0 Å². The molecular formula is C11H13F3N2O. The summed E-state index contributed by atoms with van der Waals surface area (Å²) in [6.07, 6.45) is -2.38. The van der Waals surface area contributed by atoms with Crippen LogP contribution in [0.4, 0.5) is 19.0 Å². The fourth-order valence-electron chi connectivity index (χ4n) is 1.54. The summed E-state index contributed by atoms with van der Waals surface area (Å²) >= 11 is 0. The zero-order valence-electron chi connectivity index (χ0n) is 9.58. The molecule has 0 aliphatic carbocycles. The third-order valence-corrected chi connectivity index (χ3v) is 2.26. The lowest BCUT2D eigenvalue weighted by Crippen LogP contribution is -2.35. The van der Waals surface area contributed by atoms with Gasteiger partial charge in [-0.15, -0.1) is 0 Å². The van der Waals surface area contributed by atoms with Crippen LogP contribution in [0.25, 0.3) is 0 Å². The molecule has 0 atom stereocenters. The number of carbonyl (C=O) groups excluding carboxylic acids is 1. The Bertz CT molecular complexity index is 404. The van der Waals surface area contributed by atoms with Crippen LogP contribution in [0.1, 0.15) is 22.8 Å². The van der Waals surface area contributed by atoms with Gasteiger partial charge in [-0.2, -0.15) is 13.2 Å². The molecule has 0 aliphatic heterocycles. The molecule has 1 rings (SSSR count). The van der Waals surface area contributed by atoms with Crippen LogP contribution in [0, 0.1) is 6.92 Å². The standard InChI is InChI=1S/C11H13F3N2O/c1-3-16(7-11(12,13)14)10-8(2)4-9(6-17)5-15-10/h4-6H,3,7H2,1-2H3. The Balaban J connectivity index is 3.00. The molecule has 17 heavy (non-hydrogen) atoms. The van der Waals surface area contributed by atoms with E-state index in [4.69, 9.17) is 0 Å². The van der Waals surface area contributed by atoms with Crippen molar-refractivity contribution in [1.82, 2.24) is 4.98 Å². The zero-order chi connectivity index (χ0) is 13.1. The minimum Gasteiger partial charge on any atom is -0.348 e. The Morgan fingerprint density at radius 1 is 1.47 bits per heavy atom. The molecule has 1 aromatic heterocycles. The molecule has 0 bridgehead atoms. The minimum absolute atomic E-state index is 0.202. The van der Waals surface area contributed by atoms with Crippen LogP contribution in [0.15, 0.2) is 12.3 Å². The van der Waals surface area contributed by atoms with E-state index in [1.807, 2.05) is 0 Å². The van der Waals surface area contributed by atoms with Gasteiger partial charge in [0.1, 0.15) is 12.4 Å². The first-order valence-electron chi connectivity index (χ1n) is 5.11. The van der Waals surface area contributed by atoms with Crippen LogP contribution >= 0.6 is 0 Å². The Morgan fingerprint density at radius 2 is 2.12 bits per heavy atom. The van der Waals surface area contributed by atoms with Gasteiger partial charge in [0.2, 0.25) is 0 Å². The van der Waals surface area contributed by atoms with Crippen molar-refractivity contribution in [3.05, 3.63) is 23.4 Å². The highest BCUT2D eigenvalue weighted by molar-refractivity contribution is 5.75. The molecule has 3 nitrogen and oxygen atoms in total. The Kier molecular flexibility index (Phi) is 4.09. The average molecular weight is 246 g/mol. The first-order chi connectivity index (χ1) is 7.87. The number of aromatic nitrogens is 1. The maximum atomic E-state index is 12.3. The van der Waals surface area contributed by atoms with Gasteiger partial charge >= 0.3 is 6.18 Å². The summed E-state index contributed by atoms with van der Waals surface area (Å²) in [5.41, 5.74) is 0.912. The van der Waals surface area contributed by atoms with E-state index in [1.54, 1.807) is 13.8 Å². The second kappa shape index (κ2) is 5.16. The van der Waals surface area contributed by atoms with Crippen LogP contribution < -0.4 is 4.90 Å². The highest BCUT2D eigenvalue weighted by Crippen LogP contribution is 2.23. The lowest BCUT2D eigenvalue weighted by atomic mass is 10.2. The van der Waals surface area contributed by atoms with Gasteiger partial charge in [-0.05, 0) is 25.5 Å². The second-order valence-electron chi connectivity index (χ2n) is 3.66. The lowest BCUT2D eigenvalue weighted by molar-refractivity contribution is -0.119. The van der Waals surface area contributed by atoms with Gasteiger partial charge in [0, 0.05) is 18.3 Å². The van der Waals surface area contributed by atoms with Crippen molar-refractivity contribution in [2.45, 2.75) is 20.0 Å². The normalized spacial score (nSPS) is 11.4. The first kappa shape index (κ1) is 13.5. The predicted molar refractivity (Wildman–Crippen MR) is 58.3 cm³/mol. The molecule has 0 unspecified atom stereocenters. The number of carbonyl (C=O) groups is 1. The molecule has 6 heteroatoms. The van der Waals surface area contributed by atoms with Crippen LogP contribution in [0.5, 0.6) is 0 Å². The van der Waals surface area contributed by atoms with E-state index < -0.39 is 12.7 Å². The van der Waals surface area contributed by atoms with Crippen molar-refractivity contribution < 1.29 is 18.0 Å². The molecule has 0 aliphatic rings. The van der Waals surface area contributed by atoms with Crippen molar-refractivity contribution in [3.63, 3.8) is 0 Å². The second-order valence-corrected chi connectivity index (χ2v) is 3.66. The molecule has 0 fully saturated rings. The molecule has 0 spiro atoms. The Morgan fingerprint density at radius 3 is 2.53 bits per heavy atom. The molecule has 94 valence electrons. The summed E-state index contributed by atoms with van der Waals surface area (Å²) in [7, 11) is 0. The van der Waals surface area contributed by atoms with Crippen molar-refractivity contribution in [3.8, 4) is 0 Å². The fraction of sp³-hybridized carbons (Fsp3) is 0.455. The van der Waals surface area contributed by atoms with Crippen molar-refractivity contribution in [2.24, 2.45) is 0 Å². The number of pyridine rings is 1. The summed E-state index contributed by atoms with van der Waals surface area (Å²) in [6.45, 7) is 2.42. The number of nitrogens with zero attached hydrogens (tertiary/aromatic N) is 2. The predicted octanol–water partition coefficient (Wildman–Crippen LogP) is 2.59. The van der Waals surface area contributed by atoms with E-state index in [-0.39, 0.29) is 12.4 Å². The third kappa shape index (κ3) is 3.72. The molecule has 1 heterocycles. The van der Waals surface area contributed by atoms with Gasteiger partial charge in [-0.3, -0.25) is 4.79 Å². The number of hydrogen-bond donors (Lipinski definition) is 0. The average Bonchev–Trinajstić information content (AvgIpc) is 2.24. The van der Waals surface area contributed by atoms with Crippen LogP contribution in [0.3, 0.4) is 0 Å². The van der Waals surface area contributed by atoms with Crippen LogP contribution in [-0.2, 0) is 0 Å². The minimum atomic E-state index is -4.27. The van der Waals surface area contributed by atoms with Gasteiger partial charge in [0.25, 0.3) is 0 Å². The number of halogens is 3.